The molecule has 9 N–H and O–H groups in total. The highest BCUT2D eigenvalue weighted by molar-refractivity contribution is 5.73. The van der Waals surface area contributed by atoms with Gasteiger partial charge in [0.2, 0.25) is 5.91 Å². The number of amides is 1. The van der Waals surface area contributed by atoms with Crippen LogP contribution in [0.1, 0.15) is 20.3 Å². The number of aliphatic hydroxyl groups excluding tert-OH is 8. The van der Waals surface area contributed by atoms with E-state index in [0.29, 0.717) is 0 Å². The van der Waals surface area contributed by atoms with Crippen LogP contribution in [0.15, 0.2) is 0 Å². The zero-order valence-electron chi connectivity index (χ0n) is 19.2. The smallest absolute Gasteiger partial charge is 0.217 e. The number of carbonyl (C=O) groups is 1. The van der Waals surface area contributed by atoms with Crippen LogP contribution in [-0.4, -0.2) is 146 Å². The fourth-order valence-corrected chi connectivity index (χ4v) is 4.35. The van der Waals surface area contributed by atoms with Gasteiger partial charge in [0.25, 0.3) is 0 Å². The molecule has 35 heavy (non-hydrogen) atoms. The van der Waals surface area contributed by atoms with Crippen molar-refractivity contribution in [2.24, 2.45) is 0 Å². The first kappa shape index (κ1) is 28.5. The Morgan fingerprint density at radius 3 is 2.14 bits per heavy atom. The fraction of sp³-hybridized carbons (Fsp3) is 0.950. The van der Waals surface area contributed by atoms with E-state index in [1.165, 1.54) is 13.8 Å². The maximum Gasteiger partial charge on any atom is 0.217 e. The molecular weight excluding hydrogens is 478 g/mol. The molecule has 0 spiro atoms. The fourth-order valence-electron chi connectivity index (χ4n) is 4.35. The molecule has 204 valence electrons. The van der Waals surface area contributed by atoms with Gasteiger partial charge < -0.3 is 69.9 Å². The first-order chi connectivity index (χ1) is 16.5. The zero-order valence-corrected chi connectivity index (χ0v) is 19.2. The molecule has 0 radical (unpaired) electrons. The van der Waals surface area contributed by atoms with Gasteiger partial charge in [-0.05, 0) is 6.92 Å². The van der Waals surface area contributed by atoms with Gasteiger partial charge >= 0.3 is 0 Å². The van der Waals surface area contributed by atoms with Crippen molar-refractivity contribution in [3.8, 4) is 0 Å². The van der Waals surface area contributed by atoms with Crippen molar-refractivity contribution in [2.45, 2.75) is 106 Å². The van der Waals surface area contributed by atoms with Crippen LogP contribution in [0.4, 0.5) is 0 Å². The number of rotatable bonds is 7. The molecule has 0 aromatic heterocycles. The van der Waals surface area contributed by atoms with Gasteiger partial charge in [-0.3, -0.25) is 4.79 Å². The first-order valence-electron chi connectivity index (χ1n) is 11.3. The minimum Gasteiger partial charge on any atom is -0.394 e. The largest absolute Gasteiger partial charge is 0.394 e. The molecule has 0 aromatic carbocycles. The summed E-state index contributed by atoms with van der Waals surface area (Å²) in [7, 11) is 0. The Hall–Kier alpha value is -1.05. The highest BCUT2D eigenvalue weighted by Gasteiger charge is 2.52. The summed E-state index contributed by atoms with van der Waals surface area (Å²) < 4.78 is 27.8. The van der Waals surface area contributed by atoms with Crippen molar-refractivity contribution >= 4 is 5.91 Å². The lowest BCUT2D eigenvalue weighted by atomic mass is 9.96. The minimum atomic E-state index is -1.74. The third-order valence-corrected chi connectivity index (χ3v) is 6.34. The molecule has 15 nitrogen and oxygen atoms in total. The molecule has 0 aromatic rings. The summed E-state index contributed by atoms with van der Waals surface area (Å²) in [6, 6.07) is -1.12. The van der Waals surface area contributed by atoms with E-state index < -0.39 is 105 Å². The van der Waals surface area contributed by atoms with Crippen LogP contribution in [0.5, 0.6) is 0 Å². The van der Waals surface area contributed by atoms with Crippen molar-refractivity contribution < 1.29 is 69.3 Å². The lowest BCUT2D eigenvalue weighted by molar-refractivity contribution is -0.374. The van der Waals surface area contributed by atoms with E-state index in [-0.39, 0.29) is 6.42 Å². The van der Waals surface area contributed by atoms with Gasteiger partial charge in [-0.2, -0.15) is 0 Å². The molecule has 0 aliphatic carbocycles. The molecule has 3 aliphatic heterocycles. The highest BCUT2D eigenvalue weighted by atomic mass is 16.8. The third kappa shape index (κ3) is 6.27. The summed E-state index contributed by atoms with van der Waals surface area (Å²) in [5, 5.41) is 83.2. The number of hydrogen-bond acceptors (Lipinski definition) is 14. The molecule has 3 aliphatic rings. The Bertz CT molecular complexity index is 701. The van der Waals surface area contributed by atoms with E-state index in [2.05, 4.69) is 5.32 Å². The van der Waals surface area contributed by atoms with Crippen molar-refractivity contribution in [3.05, 3.63) is 0 Å². The van der Waals surface area contributed by atoms with Crippen LogP contribution >= 0.6 is 0 Å². The van der Waals surface area contributed by atoms with Crippen molar-refractivity contribution in [3.63, 3.8) is 0 Å². The molecule has 3 rings (SSSR count). The Labute approximate surface area is 200 Å². The standard InChI is InChI=1S/C20H35NO14/c1-6-12(25)14(27)16(29)19(31-6)35-17-15(28)13(26)10(5-23)34-20(17)33-9-3-8(4-22)32-18(30)11(9)21-7(2)24/h6,8-20,22-23,25-30H,3-5H2,1-2H3,(H,21,24)/t6-,8-,9-,10+,11+,12+,13-,14+,15-,16-,17+,18+,19-,20+/m0/s1. The molecule has 0 saturated carbocycles. The SMILES string of the molecule is CC(=O)N[C@H]1[C@H](O)O[C@H](CO)C[C@@H]1O[C@@H]1O[C@H](CO)[C@H](O)[C@H](O)[C@H]1O[C@@H]1O[C@@H](C)[C@@H](O)[C@@H](O)[C@@H]1O. The second-order valence-corrected chi connectivity index (χ2v) is 8.96. The van der Waals surface area contributed by atoms with Gasteiger partial charge in [0, 0.05) is 13.3 Å². The Morgan fingerprint density at radius 2 is 1.54 bits per heavy atom. The average Bonchev–Trinajstić information content (AvgIpc) is 2.81. The molecule has 1 amide bonds. The molecule has 3 heterocycles. The van der Waals surface area contributed by atoms with E-state index in [4.69, 9.17) is 23.7 Å². The number of ether oxygens (including phenoxy) is 5. The summed E-state index contributed by atoms with van der Waals surface area (Å²) in [4.78, 5) is 11.7. The monoisotopic (exact) mass is 513 g/mol. The van der Waals surface area contributed by atoms with Gasteiger partial charge in [0.15, 0.2) is 18.9 Å². The van der Waals surface area contributed by atoms with Gasteiger partial charge in [-0.25, -0.2) is 0 Å². The van der Waals surface area contributed by atoms with Crippen LogP contribution in [0.3, 0.4) is 0 Å². The summed E-state index contributed by atoms with van der Waals surface area (Å²) in [6.07, 6.45) is -18.6. The quantitative estimate of drug-likeness (QED) is 0.155. The highest BCUT2D eigenvalue weighted by Crippen LogP contribution is 2.32. The minimum absolute atomic E-state index is 0.0297. The first-order valence-corrected chi connectivity index (χ1v) is 11.3. The van der Waals surface area contributed by atoms with Gasteiger partial charge in [0.05, 0.1) is 31.5 Å². The Kier molecular flexibility index (Phi) is 9.78. The molecule has 0 unspecified atom stereocenters. The summed E-state index contributed by atoms with van der Waals surface area (Å²) >= 11 is 0. The van der Waals surface area contributed by atoms with Crippen LogP contribution in [-0.2, 0) is 28.5 Å². The lowest BCUT2D eigenvalue weighted by Crippen LogP contribution is -2.66. The van der Waals surface area contributed by atoms with Crippen LogP contribution in [0.25, 0.3) is 0 Å². The van der Waals surface area contributed by atoms with E-state index >= 15 is 0 Å². The summed E-state index contributed by atoms with van der Waals surface area (Å²) in [5.41, 5.74) is 0. The van der Waals surface area contributed by atoms with Crippen molar-refractivity contribution in [1.29, 1.82) is 0 Å². The average molecular weight is 513 g/mol. The topological polar surface area (TPSA) is 237 Å². The predicted molar refractivity (Wildman–Crippen MR) is 110 cm³/mol. The Balaban J connectivity index is 1.84. The molecule has 0 bridgehead atoms. The molecule has 3 saturated heterocycles. The maximum atomic E-state index is 11.7. The number of nitrogens with one attached hydrogen (secondary N) is 1. The van der Waals surface area contributed by atoms with E-state index in [9.17, 15) is 45.6 Å². The van der Waals surface area contributed by atoms with E-state index in [1.54, 1.807) is 0 Å². The molecule has 15 heteroatoms. The van der Waals surface area contributed by atoms with E-state index in [1.807, 2.05) is 0 Å². The second-order valence-electron chi connectivity index (χ2n) is 8.96. The van der Waals surface area contributed by atoms with Crippen LogP contribution < -0.4 is 5.32 Å². The summed E-state index contributed by atoms with van der Waals surface area (Å²) in [5.74, 6) is -0.519. The van der Waals surface area contributed by atoms with Gasteiger partial charge in [0.1, 0.15) is 48.8 Å². The predicted octanol–water partition coefficient (Wildman–Crippen LogP) is -5.37. The molecule has 3 fully saturated rings. The van der Waals surface area contributed by atoms with E-state index in [0.717, 1.165) is 0 Å². The van der Waals surface area contributed by atoms with Crippen LogP contribution in [0, 0.1) is 0 Å². The van der Waals surface area contributed by atoms with Gasteiger partial charge in [-0.1, -0.05) is 0 Å². The summed E-state index contributed by atoms with van der Waals surface area (Å²) in [6.45, 7) is 1.44. The molecular formula is C20H35NO14. The third-order valence-electron chi connectivity index (χ3n) is 6.34. The second kappa shape index (κ2) is 12.0. The molecule has 14 atom stereocenters. The lowest BCUT2D eigenvalue weighted by Gasteiger charge is -2.47. The normalized spacial score (nSPS) is 49.0. The Morgan fingerprint density at radius 1 is 0.857 bits per heavy atom. The van der Waals surface area contributed by atoms with Crippen molar-refractivity contribution in [1.82, 2.24) is 5.32 Å². The number of carbonyl (C=O) groups excluding carboxylic acids is 1. The zero-order chi connectivity index (χ0) is 26.0. The van der Waals surface area contributed by atoms with Gasteiger partial charge in [-0.15, -0.1) is 0 Å². The maximum absolute atomic E-state index is 11.7. The number of hydrogen-bond donors (Lipinski definition) is 9. The van der Waals surface area contributed by atoms with Crippen molar-refractivity contribution in [2.75, 3.05) is 13.2 Å². The van der Waals surface area contributed by atoms with Crippen LogP contribution in [0.2, 0.25) is 0 Å². The number of aliphatic hydroxyl groups is 8.